The first-order valence-electron chi connectivity index (χ1n) is 11.7. The maximum absolute atomic E-state index is 14.0. The van der Waals surface area contributed by atoms with Gasteiger partial charge in [-0.3, -0.25) is 19.4 Å². The van der Waals surface area contributed by atoms with Gasteiger partial charge in [-0.1, -0.05) is 29.3 Å². The molecule has 2 unspecified atom stereocenters. The number of halogens is 4. The number of carbonyl (C=O) groups is 2. The Balaban J connectivity index is 1.89. The highest BCUT2D eigenvalue weighted by atomic mass is 35.5. The fourth-order valence-corrected chi connectivity index (χ4v) is 6.72. The summed E-state index contributed by atoms with van der Waals surface area (Å²) in [6.45, 7) is 3.23. The first-order valence-corrected chi connectivity index (χ1v) is 13.9. The number of fused-ring (bicyclic) bond motifs is 1. The zero-order valence-corrected chi connectivity index (χ0v) is 23.4. The van der Waals surface area contributed by atoms with Crippen LogP contribution in [0, 0.1) is 11.6 Å². The molecule has 2 amide bonds. The smallest absolute Gasteiger partial charge is 0.267 e. The van der Waals surface area contributed by atoms with Crippen LogP contribution in [0.25, 0.3) is 0 Å². The summed E-state index contributed by atoms with van der Waals surface area (Å²) in [6, 6.07) is 4.64. The van der Waals surface area contributed by atoms with Crippen LogP contribution in [0.3, 0.4) is 0 Å². The Kier molecular flexibility index (Phi) is 7.77. The summed E-state index contributed by atoms with van der Waals surface area (Å²) in [5, 5.41) is 0.143. The van der Waals surface area contributed by atoms with Crippen molar-refractivity contribution in [3.05, 3.63) is 75.7 Å². The minimum absolute atomic E-state index is 0.0417. The van der Waals surface area contributed by atoms with Crippen molar-refractivity contribution in [2.75, 3.05) is 20.6 Å². The molecule has 2 aliphatic heterocycles. The standard InChI is InChI=1S/C25H26Cl2F2N4O4S/c1-14(2)31-13-23-32(38(36,37)22-8-6-16(26)11-17(22)27)12-21(30(3)4)25(35)33(23)20(24(31)34)10-15-5-7-18(28)19(29)9-15/h5-9,11,13-14,20-21H,10,12H2,1-4H3. The number of benzene rings is 2. The minimum atomic E-state index is -4.34. The van der Waals surface area contributed by atoms with E-state index < -0.39 is 51.6 Å². The van der Waals surface area contributed by atoms with Crippen molar-refractivity contribution in [2.24, 2.45) is 0 Å². The molecule has 0 saturated carbocycles. The van der Waals surface area contributed by atoms with Crippen molar-refractivity contribution in [2.45, 2.75) is 43.3 Å². The van der Waals surface area contributed by atoms with Gasteiger partial charge in [-0.05, 0) is 63.8 Å². The number of sulfonamides is 1. The maximum atomic E-state index is 14.0. The molecule has 204 valence electrons. The molecule has 2 heterocycles. The number of hydrogen-bond acceptors (Lipinski definition) is 5. The van der Waals surface area contributed by atoms with Crippen molar-refractivity contribution >= 4 is 45.0 Å². The topological polar surface area (TPSA) is 81.2 Å². The number of amides is 2. The molecule has 4 rings (SSSR count). The van der Waals surface area contributed by atoms with Crippen LogP contribution in [-0.4, -0.2) is 78.0 Å². The Hall–Kier alpha value is -2.73. The Labute approximate surface area is 230 Å². The summed E-state index contributed by atoms with van der Waals surface area (Å²) < 4.78 is 56.6. The van der Waals surface area contributed by atoms with E-state index in [1.807, 2.05) is 0 Å². The molecule has 2 aromatic carbocycles. The first kappa shape index (κ1) is 28.3. The van der Waals surface area contributed by atoms with E-state index in [2.05, 4.69) is 0 Å². The first-order chi connectivity index (χ1) is 17.7. The average Bonchev–Trinajstić information content (AvgIpc) is 2.82. The van der Waals surface area contributed by atoms with Crippen molar-refractivity contribution in [3.63, 3.8) is 0 Å². The summed E-state index contributed by atoms with van der Waals surface area (Å²) in [4.78, 5) is 31.2. The highest BCUT2D eigenvalue weighted by molar-refractivity contribution is 7.89. The molecule has 13 heteroatoms. The molecule has 2 aliphatic rings. The zero-order chi connectivity index (χ0) is 28.1. The second kappa shape index (κ2) is 10.4. The second-order valence-electron chi connectivity index (χ2n) is 9.59. The van der Waals surface area contributed by atoms with Crippen molar-refractivity contribution in [3.8, 4) is 0 Å². The lowest BCUT2D eigenvalue weighted by Gasteiger charge is -2.49. The van der Waals surface area contributed by atoms with E-state index in [0.717, 1.165) is 21.3 Å². The molecule has 0 bridgehead atoms. The maximum Gasteiger partial charge on any atom is 0.267 e. The van der Waals surface area contributed by atoms with Gasteiger partial charge in [0.2, 0.25) is 11.8 Å². The lowest BCUT2D eigenvalue weighted by Crippen LogP contribution is -2.67. The van der Waals surface area contributed by atoms with Crippen molar-refractivity contribution < 1.29 is 26.8 Å². The summed E-state index contributed by atoms with van der Waals surface area (Å²) in [5.41, 5.74) is 0.266. The van der Waals surface area contributed by atoms with Crippen molar-refractivity contribution in [1.82, 2.24) is 19.0 Å². The molecular formula is C25H26Cl2F2N4O4S. The van der Waals surface area contributed by atoms with Crippen LogP contribution in [0.4, 0.5) is 8.78 Å². The molecule has 0 radical (unpaired) electrons. The van der Waals surface area contributed by atoms with Gasteiger partial charge >= 0.3 is 0 Å². The summed E-state index contributed by atoms with van der Waals surface area (Å²) in [7, 11) is -1.10. The van der Waals surface area contributed by atoms with E-state index in [9.17, 15) is 26.8 Å². The van der Waals surface area contributed by atoms with Crippen LogP contribution in [-0.2, 0) is 26.0 Å². The molecule has 2 aromatic rings. The highest BCUT2D eigenvalue weighted by Crippen LogP contribution is 2.37. The second-order valence-corrected chi connectivity index (χ2v) is 12.3. The minimum Gasteiger partial charge on any atom is -0.311 e. The predicted molar refractivity (Wildman–Crippen MR) is 139 cm³/mol. The Morgan fingerprint density at radius 2 is 1.71 bits per heavy atom. The van der Waals surface area contributed by atoms with Gasteiger partial charge in [0.1, 0.15) is 22.8 Å². The SMILES string of the molecule is CC(C)N1C=C2N(C(=O)C(N(C)C)CN2S(=O)(=O)c2ccc(Cl)cc2Cl)C(Cc2ccc(F)c(F)c2)C1=O. The third-order valence-corrected chi connectivity index (χ3v) is 9.01. The van der Waals surface area contributed by atoms with Crippen LogP contribution in [0.1, 0.15) is 19.4 Å². The van der Waals surface area contributed by atoms with Crippen LogP contribution in [0.15, 0.2) is 53.3 Å². The van der Waals surface area contributed by atoms with Gasteiger partial charge in [0.25, 0.3) is 10.0 Å². The van der Waals surface area contributed by atoms with Gasteiger partial charge in [0, 0.05) is 23.7 Å². The van der Waals surface area contributed by atoms with Gasteiger partial charge in [-0.15, -0.1) is 0 Å². The molecule has 1 fully saturated rings. The van der Waals surface area contributed by atoms with Gasteiger partial charge in [-0.2, -0.15) is 0 Å². The fourth-order valence-electron chi connectivity index (χ4n) is 4.51. The van der Waals surface area contributed by atoms with Crippen LogP contribution in [0.2, 0.25) is 10.0 Å². The molecule has 2 atom stereocenters. The van der Waals surface area contributed by atoms with Gasteiger partial charge in [-0.25, -0.2) is 21.5 Å². The highest BCUT2D eigenvalue weighted by Gasteiger charge is 2.50. The number of likely N-dealkylation sites (N-methyl/N-ethyl adjacent to an activating group) is 1. The molecule has 0 spiro atoms. The van der Waals surface area contributed by atoms with Crippen molar-refractivity contribution in [1.29, 1.82) is 0 Å². The van der Waals surface area contributed by atoms with Crippen LogP contribution < -0.4 is 0 Å². The molecule has 0 N–H and O–H groups in total. The number of hydrogen-bond donors (Lipinski definition) is 0. The van der Waals surface area contributed by atoms with E-state index in [0.29, 0.717) is 0 Å². The Bertz CT molecular complexity index is 1430. The van der Waals surface area contributed by atoms with Crippen LogP contribution in [0.5, 0.6) is 0 Å². The number of rotatable bonds is 6. The van der Waals surface area contributed by atoms with Crippen LogP contribution >= 0.6 is 23.2 Å². The zero-order valence-electron chi connectivity index (χ0n) is 21.0. The summed E-state index contributed by atoms with van der Waals surface area (Å²) in [5.74, 6) is -3.17. The van der Waals surface area contributed by atoms with E-state index in [1.165, 1.54) is 35.4 Å². The van der Waals surface area contributed by atoms with Gasteiger partial charge in [0.05, 0.1) is 11.6 Å². The third kappa shape index (κ3) is 5.00. The largest absolute Gasteiger partial charge is 0.311 e. The summed E-state index contributed by atoms with van der Waals surface area (Å²) >= 11 is 12.2. The molecule has 1 saturated heterocycles. The van der Waals surface area contributed by atoms with E-state index in [4.69, 9.17) is 23.2 Å². The normalized spacial score (nSPS) is 20.4. The van der Waals surface area contributed by atoms with E-state index in [1.54, 1.807) is 32.8 Å². The van der Waals surface area contributed by atoms with Gasteiger partial charge < -0.3 is 4.90 Å². The number of carbonyl (C=O) groups excluding carboxylic acids is 2. The Morgan fingerprint density at radius 1 is 1.03 bits per heavy atom. The molecule has 8 nitrogen and oxygen atoms in total. The Morgan fingerprint density at radius 3 is 2.29 bits per heavy atom. The monoisotopic (exact) mass is 586 g/mol. The molecular weight excluding hydrogens is 561 g/mol. The predicted octanol–water partition coefficient (Wildman–Crippen LogP) is 3.70. The van der Waals surface area contributed by atoms with E-state index >= 15 is 0 Å². The summed E-state index contributed by atoms with van der Waals surface area (Å²) in [6.07, 6.45) is 1.16. The molecule has 0 aromatic heterocycles. The fraction of sp³-hybridized carbons (Fsp3) is 0.360. The number of nitrogens with zero attached hydrogens (tertiary/aromatic N) is 4. The lowest BCUT2D eigenvalue weighted by molar-refractivity contribution is -0.152. The lowest BCUT2D eigenvalue weighted by atomic mass is 9.98. The van der Waals surface area contributed by atoms with E-state index in [-0.39, 0.29) is 39.3 Å². The molecule has 0 aliphatic carbocycles. The third-order valence-electron chi connectivity index (χ3n) is 6.52. The average molecular weight is 587 g/mol. The van der Waals surface area contributed by atoms with Gasteiger partial charge in [0.15, 0.2) is 11.6 Å². The molecule has 38 heavy (non-hydrogen) atoms. The quantitative estimate of drug-likeness (QED) is 0.515.